The minimum Gasteiger partial charge on any atom is -0.245 e. The van der Waals surface area contributed by atoms with E-state index in [0.717, 1.165) is 6.54 Å². The van der Waals surface area contributed by atoms with Gasteiger partial charge in [-0.05, 0) is 6.42 Å². The van der Waals surface area contributed by atoms with Gasteiger partial charge >= 0.3 is 0 Å². The lowest BCUT2D eigenvalue weighted by atomic mass is 10.1. The lowest BCUT2D eigenvalue weighted by Gasteiger charge is -2.02. The Balaban J connectivity index is 2.83. The van der Waals surface area contributed by atoms with Crippen LogP contribution in [0.4, 0.5) is 0 Å². The fraction of sp³-hybridized carbons (Fsp3) is 1.00. The van der Waals surface area contributed by atoms with Crippen LogP contribution in [0.15, 0.2) is 0 Å². The summed E-state index contributed by atoms with van der Waals surface area (Å²) in [7, 11) is 1.92. The lowest BCUT2D eigenvalue weighted by molar-refractivity contribution is 0.540. The van der Waals surface area contributed by atoms with E-state index in [9.17, 15) is 0 Å². The molecule has 16 heavy (non-hydrogen) atoms. The zero-order valence-electron chi connectivity index (χ0n) is 11.6. The summed E-state index contributed by atoms with van der Waals surface area (Å²) < 4.78 is 0. The molecule has 0 aromatic heterocycles. The van der Waals surface area contributed by atoms with E-state index < -0.39 is 0 Å². The van der Waals surface area contributed by atoms with Crippen molar-refractivity contribution in [2.45, 2.75) is 84.0 Å². The molecule has 0 N–H and O–H groups in total. The fourth-order valence-electron chi connectivity index (χ4n) is 2.11. The number of rotatable bonds is 13. The average molecular weight is 226 g/mol. The Bertz CT molecular complexity index is 98.0. The largest absolute Gasteiger partial charge is 0.245 e. The lowest BCUT2D eigenvalue weighted by Crippen LogP contribution is -1.98. The van der Waals surface area contributed by atoms with Crippen molar-refractivity contribution in [1.82, 2.24) is 5.32 Å². The fourth-order valence-corrected chi connectivity index (χ4v) is 2.11. The van der Waals surface area contributed by atoms with E-state index in [2.05, 4.69) is 12.2 Å². The number of hydrogen-bond acceptors (Lipinski definition) is 0. The molecule has 0 atom stereocenters. The minimum absolute atomic E-state index is 1.07. The second-order valence-electron chi connectivity index (χ2n) is 4.93. The molecule has 0 heterocycles. The van der Waals surface area contributed by atoms with Crippen LogP contribution in [0, 0.1) is 0 Å². The zero-order valence-corrected chi connectivity index (χ0v) is 11.6. The smallest absolute Gasteiger partial charge is 0.0130 e. The van der Waals surface area contributed by atoms with Gasteiger partial charge in [-0.3, -0.25) is 0 Å². The highest BCUT2D eigenvalue weighted by Gasteiger charge is 1.92. The van der Waals surface area contributed by atoms with E-state index in [1.165, 1.54) is 77.0 Å². The van der Waals surface area contributed by atoms with Gasteiger partial charge in [0.25, 0.3) is 0 Å². The van der Waals surface area contributed by atoms with Crippen molar-refractivity contribution in [1.29, 1.82) is 0 Å². The van der Waals surface area contributed by atoms with Gasteiger partial charge in [0.2, 0.25) is 0 Å². The summed E-state index contributed by atoms with van der Waals surface area (Å²) in [6.07, 6.45) is 17.1. The maximum absolute atomic E-state index is 4.12. The molecule has 0 aliphatic rings. The maximum atomic E-state index is 4.12. The van der Waals surface area contributed by atoms with Gasteiger partial charge in [-0.15, -0.1) is 0 Å². The van der Waals surface area contributed by atoms with E-state index in [4.69, 9.17) is 0 Å². The van der Waals surface area contributed by atoms with Crippen LogP contribution in [0.2, 0.25) is 0 Å². The molecular formula is C15H32N. The molecule has 0 fully saturated rings. The number of nitrogens with zero attached hydrogens (tertiary/aromatic N) is 1. The van der Waals surface area contributed by atoms with Crippen molar-refractivity contribution in [2.24, 2.45) is 0 Å². The first-order chi connectivity index (χ1) is 7.91. The summed E-state index contributed by atoms with van der Waals surface area (Å²) in [5, 5.41) is 4.12. The van der Waals surface area contributed by atoms with Crippen molar-refractivity contribution >= 4 is 0 Å². The molecule has 1 nitrogen and oxygen atoms in total. The standard InChI is InChI=1S/C15H32N/c1-3-4-5-6-7-8-9-10-11-12-13-14-15-16-2/h3-15H2,1-2H3. The van der Waals surface area contributed by atoms with Crippen molar-refractivity contribution < 1.29 is 0 Å². The molecule has 0 bridgehead atoms. The van der Waals surface area contributed by atoms with Crippen LogP contribution in [0.1, 0.15) is 84.0 Å². The maximum Gasteiger partial charge on any atom is 0.0130 e. The predicted octanol–water partition coefficient (Wildman–Crippen LogP) is 4.92. The molecule has 0 unspecified atom stereocenters. The topological polar surface area (TPSA) is 14.1 Å². The van der Waals surface area contributed by atoms with Gasteiger partial charge in [0.05, 0.1) is 0 Å². The first-order valence-corrected chi connectivity index (χ1v) is 7.47. The molecule has 0 aliphatic heterocycles. The van der Waals surface area contributed by atoms with Crippen LogP contribution in [0.25, 0.3) is 0 Å². The summed E-state index contributed by atoms with van der Waals surface area (Å²) in [6, 6.07) is 0. The summed E-state index contributed by atoms with van der Waals surface area (Å²) in [6.45, 7) is 3.35. The Morgan fingerprint density at radius 1 is 0.562 bits per heavy atom. The van der Waals surface area contributed by atoms with Gasteiger partial charge < -0.3 is 0 Å². The van der Waals surface area contributed by atoms with Crippen LogP contribution >= 0.6 is 0 Å². The number of hydrogen-bond donors (Lipinski definition) is 0. The average Bonchev–Trinajstić information content (AvgIpc) is 2.31. The first-order valence-electron chi connectivity index (χ1n) is 7.47. The summed E-state index contributed by atoms with van der Waals surface area (Å²) >= 11 is 0. The van der Waals surface area contributed by atoms with Gasteiger partial charge in [-0.1, -0.05) is 77.6 Å². The predicted molar refractivity (Wildman–Crippen MR) is 74.0 cm³/mol. The third kappa shape index (κ3) is 14.0. The zero-order chi connectivity index (χ0) is 11.9. The van der Waals surface area contributed by atoms with Crippen molar-refractivity contribution in [3.8, 4) is 0 Å². The van der Waals surface area contributed by atoms with E-state index >= 15 is 0 Å². The molecule has 0 aliphatic carbocycles. The monoisotopic (exact) mass is 226 g/mol. The van der Waals surface area contributed by atoms with Crippen molar-refractivity contribution in [2.75, 3.05) is 13.6 Å². The highest BCUT2D eigenvalue weighted by Crippen LogP contribution is 2.11. The van der Waals surface area contributed by atoms with Crippen LogP contribution in [-0.2, 0) is 0 Å². The SMILES string of the molecule is CCCCCCCCCCCCCC[N]C. The quantitative estimate of drug-likeness (QED) is 0.396. The van der Waals surface area contributed by atoms with Gasteiger partial charge in [-0.25, -0.2) is 5.32 Å². The van der Waals surface area contributed by atoms with Gasteiger partial charge in [-0.2, -0.15) is 0 Å². The Morgan fingerprint density at radius 2 is 0.938 bits per heavy atom. The molecule has 0 spiro atoms. The first kappa shape index (κ1) is 16.0. The third-order valence-electron chi connectivity index (χ3n) is 3.24. The highest BCUT2D eigenvalue weighted by molar-refractivity contribution is 4.49. The summed E-state index contributed by atoms with van der Waals surface area (Å²) in [5.41, 5.74) is 0. The van der Waals surface area contributed by atoms with Crippen molar-refractivity contribution in [3.05, 3.63) is 0 Å². The van der Waals surface area contributed by atoms with E-state index in [-0.39, 0.29) is 0 Å². The van der Waals surface area contributed by atoms with E-state index in [1.54, 1.807) is 0 Å². The molecule has 0 rings (SSSR count). The Labute approximate surface area is 103 Å². The molecule has 0 saturated heterocycles. The van der Waals surface area contributed by atoms with Crippen LogP contribution in [0.3, 0.4) is 0 Å². The molecular weight excluding hydrogens is 194 g/mol. The molecule has 0 amide bonds. The molecule has 1 heteroatoms. The van der Waals surface area contributed by atoms with Gasteiger partial charge in [0, 0.05) is 13.6 Å². The van der Waals surface area contributed by atoms with E-state index in [0.29, 0.717) is 0 Å². The molecule has 1 radical (unpaired) electrons. The summed E-state index contributed by atoms with van der Waals surface area (Å²) in [4.78, 5) is 0. The Morgan fingerprint density at radius 3 is 1.31 bits per heavy atom. The Hall–Kier alpha value is -0.0400. The minimum atomic E-state index is 1.07. The van der Waals surface area contributed by atoms with Crippen LogP contribution < -0.4 is 5.32 Å². The Kier molecular flexibility index (Phi) is 14.9. The van der Waals surface area contributed by atoms with Gasteiger partial charge in [0.1, 0.15) is 0 Å². The molecule has 97 valence electrons. The molecule has 0 saturated carbocycles. The highest BCUT2D eigenvalue weighted by atomic mass is 14.8. The molecule has 0 aromatic carbocycles. The second-order valence-corrected chi connectivity index (χ2v) is 4.93. The van der Waals surface area contributed by atoms with Crippen LogP contribution in [-0.4, -0.2) is 13.6 Å². The van der Waals surface area contributed by atoms with Crippen molar-refractivity contribution in [3.63, 3.8) is 0 Å². The van der Waals surface area contributed by atoms with E-state index in [1.807, 2.05) is 7.05 Å². The molecule has 0 aromatic rings. The normalized spacial score (nSPS) is 10.9. The second kappa shape index (κ2) is 15.0. The summed E-state index contributed by atoms with van der Waals surface area (Å²) in [5.74, 6) is 0. The number of unbranched alkanes of at least 4 members (excludes halogenated alkanes) is 11. The van der Waals surface area contributed by atoms with Crippen LogP contribution in [0.5, 0.6) is 0 Å². The third-order valence-corrected chi connectivity index (χ3v) is 3.24. The van der Waals surface area contributed by atoms with Gasteiger partial charge in [0.15, 0.2) is 0 Å².